The Hall–Kier alpha value is -3.74. The number of carbonyl (C=O) groups is 2. The van der Waals surface area contributed by atoms with Gasteiger partial charge in [-0.05, 0) is 49.7 Å². The maximum atomic E-state index is 12.7. The van der Waals surface area contributed by atoms with Crippen LogP contribution in [-0.4, -0.2) is 21.8 Å². The van der Waals surface area contributed by atoms with Crippen LogP contribution in [0.25, 0.3) is 0 Å². The summed E-state index contributed by atoms with van der Waals surface area (Å²) in [6.07, 6.45) is 0. The van der Waals surface area contributed by atoms with Gasteiger partial charge in [0.15, 0.2) is 0 Å². The molecule has 0 aliphatic heterocycles. The van der Waals surface area contributed by atoms with Crippen LogP contribution in [0.2, 0.25) is 0 Å². The van der Waals surface area contributed by atoms with Crippen molar-refractivity contribution in [2.75, 3.05) is 10.6 Å². The van der Waals surface area contributed by atoms with Gasteiger partial charge >= 0.3 is 0 Å². The normalized spacial score (nSPS) is 11.4. The molecule has 29 heavy (non-hydrogen) atoms. The maximum absolute atomic E-state index is 12.7. The van der Waals surface area contributed by atoms with Crippen LogP contribution in [0, 0.1) is 6.92 Å². The number of carbonyl (C=O) groups excluding carboxylic acids is 2. The van der Waals surface area contributed by atoms with E-state index in [1.165, 1.54) is 6.92 Å². The quantitative estimate of drug-likeness (QED) is 0.593. The van der Waals surface area contributed by atoms with Crippen LogP contribution in [0.1, 0.15) is 41.6 Å². The largest absolute Gasteiger partial charge is 0.344 e. The molecular weight excluding hydrogens is 366 g/mol. The third kappa shape index (κ3) is 5.62. The van der Waals surface area contributed by atoms with Crippen LogP contribution in [0.15, 0.2) is 60.7 Å². The third-order valence-electron chi connectivity index (χ3n) is 4.20. The number of aromatic nitrogens is 2. The van der Waals surface area contributed by atoms with E-state index in [2.05, 4.69) is 25.9 Å². The molecule has 1 heterocycles. The highest BCUT2D eigenvalue weighted by molar-refractivity contribution is 5.93. The summed E-state index contributed by atoms with van der Waals surface area (Å²) in [7, 11) is 0. The molecule has 1 atom stereocenters. The van der Waals surface area contributed by atoms with Crippen molar-refractivity contribution in [2.45, 2.75) is 26.8 Å². The molecule has 0 aliphatic rings. The summed E-state index contributed by atoms with van der Waals surface area (Å²) in [6.45, 7) is 5.19. The van der Waals surface area contributed by atoms with Crippen molar-refractivity contribution in [3.05, 3.63) is 77.6 Å². The number of amides is 2. The molecule has 1 aromatic heterocycles. The molecule has 3 N–H and O–H groups in total. The fourth-order valence-corrected chi connectivity index (χ4v) is 2.81. The first-order valence-corrected chi connectivity index (χ1v) is 9.27. The molecule has 0 aliphatic carbocycles. The van der Waals surface area contributed by atoms with E-state index in [0.717, 1.165) is 11.3 Å². The monoisotopic (exact) mass is 389 g/mol. The van der Waals surface area contributed by atoms with Gasteiger partial charge in [-0.25, -0.2) is 9.97 Å². The summed E-state index contributed by atoms with van der Waals surface area (Å²) in [5, 5.41) is 8.76. The van der Waals surface area contributed by atoms with Crippen molar-refractivity contribution in [1.29, 1.82) is 0 Å². The Kier molecular flexibility index (Phi) is 6.19. The van der Waals surface area contributed by atoms with E-state index in [-0.39, 0.29) is 23.6 Å². The number of nitrogens with one attached hydrogen (secondary N) is 3. The molecule has 2 aromatic carbocycles. The number of aryl methyl sites for hydroxylation is 1. The Labute approximate surface area is 169 Å². The highest BCUT2D eigenvalue weighted by Gasteiger charge is 2.14. The van der Waals surface area contributed by atoms with Crippen LogP contribution < -0.4 is 16.0 Å². The smallest absolute Gasteiger partial charge is 0.270 e. The number of anilines is 3. The van der Waals surface area contributed by atoms with Gasteiger partial charge in [0.25, 0.3) is 5.91 Å². The average molecular weight is 389 g/mol. The fraction of sp³-hybridized carbons (Fsp3) is 0.182. The minimum absolute atomic E-state index is 0.131. The van der Waals surface area contributed by atoms with Gasteiger partial charge in [0, 0.05) is 24.0 Å². The number of benzene rings is 2. The molecule has 0 radical (unpaired) electrons. The van der Waals surface area contributed by atoms with E-state index >= 15 is 0 Å². The number of hydrogen-bond donors (Lipinski definition) is 3. The molecule has 148 valence electrons. The second-order valence-corrected chi connectivity index (χ2v) is 6.71. The topological polar surface area (TPSA) is 96.0 Å². The van der Waals surface area contributed by atoms with Crippen molar-refractivity contribution >= 4 is 29.1 Å². The van der Waals surface area contributed by atoms with E-state index < -0.39 is 0 Å². The van der Waals surface area contributed by atoms with Gasteiger partial charge in [0.05, 0.1) is 6.04 Å². The third-order valence-corrected chi connectivity index (χ3v) is 4.20. The Morgan fingerprint density at radius 2 is 1.59 bits per heavy atom. The molecule has 7 heteroatoms. The van der Waals surface area contributed by atoms with Crippen molar-refractivity contribution in [3.8, 4) is 0 Å². The molecule has 3 rings (SSSR count). The second kappa shape index (κ2) is 8.97. The summed E-state index contributed by atoms with van der Waals surface area (Å²) in [5.41, 5.74) is 3.42. The number of hydrogen-bond acceptors (Lipinski definition) is 5. The Bertz CT molecular complexity index is 1000. The number of rotatable bonds is 6. The molecule has 1 unspecified atom stereocenters. The second-order valence-electron chi connectivity index (χ2n) is 6.71. The van der Waals surface area contributed by atoms with E-state index in [1.54, 1.807) is 30.3 Å². The first-order chi connectivity index (χ1) is 13.9. The van der Waals surface area contributed by atoms with Crippen LogP contribution in [0.3, 0.4) is 0 Å². The minimum atomic E-state index is -0.268. The molecule has 2 amide bonds. The predicted molar refractivity (Wildman–Crippen MR) is 113 cm³/mol. The summed E-state index contributed by atoms with van der Waals surface area (Å²) < 4.78 is 0. The van der Waals surface area contributed by atoms with Crippen molar-refractivity contribution in [1.82, 2.24) is 15.3 Å². The van der Waals surface area contributed by atoms with Crippen molar-refractivity contribution in [2.24, 2.45) is 0 Å². The maximum Gasteiger partial charge on any atom is 0.270 e. The molecule has 0 spiro atoms. The van der Waals surface area contributed by atoms with Crippen molar-refractivity contribution < 1.29 is 9.59 Å². The Balaban J connectivity index is 1.72. The lowest BCUT2D eigenvalue weighted by Gasteiger charge is -2.14. The molecule has 3 aromatic rings. The fourth-order valence-electron chi connectivity index (χ4n) is 2.81. The van der Waals surface area contributed by atoms with Crippen LogP contribution in [-0.2, 0) is 4.79 Å². The number of nitrogens with zero attached hydrogens (tertiary/aromatic N) is 2. The van der Waals surface area contributed by atoms with Gasteiger partial charge in [-0.2, -0.15) is 0 Å². The van der Waals surface area contributed by atoms with Crippen molar-refractivity contribution in [3.63, 3.8) is 0 Å². The van der Waals surface area contributed by atoms with Crippen LogP contribution >= 0.6 is 0 Å². The van der Waals surface area contributed by atoms with E-state index in [4.69, 9.17) is 0 Å². The lowest BCUT2D eigenvalue weighted by atomic mass is 10.1. The molecule has 0 fully saturated rings. The summed E-state index contributed by atoms with van der Waals surface area (Å²) in [5.74, 6) is -0.0705. The lowest BCUT2D eigenvalue weighted by molar-refractivity contribution is -0.114. The molecule has 0 saturated heterocycles. The molecular formula is C22H23N5O2. The van der Waals surface area contributed by atoms with Crippen LogP contribution in [0.4, 0.5) is 17.3 Å². The zero-order valence-electron chi connectivity index (χ0n) is 16.6. The predicted octanol–water partition coefficient (Wildman–Crippen LogP) is 3.98. The molecule has 7 nitrogen and oxygen atoms in total. The van der Waals surface area contributed by atoms with Gasteiger partial charge in [-0.3, -0.25) is 9.59 Å². The highest BCUT2D eigenvalue weighted by atomic mass is 16.2. The first kappa shape index (κ1) is 20.0. The van der Waals surface area contributed by atoms with E-state index in [0.29, 0.717) is 17.3 Å². The first-order valence-electron chi connectivity index (χ1n) is 9.27. The van der Waals surface area contributed by atoms with Gasteiger partial charge < -0.3 is 16.0 Å². The Morgan fingerprint density at radius 3 is 2.24 bits per heavy atom. The standard InChI is InChI=1S/C22H23N5O2/c1-14-13-20(21(29)24-15(2)17-7-5-4-6-8-17)27-22(23-14)26-19-11-9-18(10-12-19)25-16(3)28/h4-13,15H,1-3H3,(H,24,29)(H,25,28)(H,23,26,27). The summed E-state index contributed by atoms with van der Waals surface area (Å²) in [6, 6.07) is 18.4. The zero-order valence-corrected chi connectivity index (χ0v) is 16.6. The summed E-state index contributed by atoms with van der Waals surface area (Å²) in [4.78, 5) is 32.5. The lowest BCUT2D eigenvalue weighted by Crippen LogP contribution is -2.27. The average Bonchev–Trinajstić information content (AvgIpc) is 2.69. The summed E-state index contributed by atoms with van der Waals surface area (Å²) >= 11 is 0. The molecule has 0 saturated carbocycles. The Morgan fingerprint density at radius 1 is 0.931 bits per heavy atom. The van der Waals surface area contributed by atoms with Crippen LogP contribution in [0.5, 0.6) is 0 Å². The molecule has 0 bridgehead atoms. The zero-order chi connectivity index (χ0) is 20.8. The SMILES string of the molecule is CC(=O)Nc1ccc(Nc2nc(C)cc(C(=O)NC(C)c3ccccc3)n2)cc1. The minimum Gasteiger partial charge on any atom is -0.344 e. The van der Waals surface area contributed by atoms with E-state index in [9.17, 15) is 9.59 Å². The van der Waals surface area contributed by atoms with Gasteiger partial charge in [0.2, 0.25) is 11.9 Å². The van der Waals surface area contributed by atoms with Gasteiger partial charge in [-0.1, -0.05) is 30.3 Å². The highest BCUT2D eigenvalue weighted by Crippen LogP contribution is 2.18. The van der Waals surface area contributed by atoms with Gasteiger partial charge in [-0.15, -0.1) is 0 Å². The van der Waals surface area contributed by atoms with E-state index in [1.807, 2.05) is 44.2 Å². The van der Waals surface area contributed by atoms with Gasteiger partial charge in [0.1, 0.15) is 5.69 Å².